The summed E-state index contributed by atoms with van der Waals surface area (Å²) >= 11 is 0. The van der Waals surface area contributed by atoms with Gasteiger partial charge in [0.1, 0.15) is 12.3 Å². The Hall–Kier alpha value is -2.45. The lowest BCUT2D eigenvalue weighted by Gasteiger charge is -2.36. The summed E-state index contributed by atoms with van der Waals surface area (Å²) in [6.45, 7) is 5.65. The predicted octanol–water partition coefficient (Wildman–Crippen LogP) is 2.26. The average Bonchev–Trinajstić information content (AvgIpc) is 3.21. The van der Waals surface area contributed by atoms with Gasteiger partial charge in [0.15, 0.2) is 5.82 Å². The summed E-state index contributed by atoms with van der Waals surface area (Å²) in [4.78, 5) is 30.0. The highest BCUT2D eigenvalue weighted by molar-refractivity contribution is 5.77. The molecule has 1 aliphatic heterocycles. The van der Waals surface area contributed by atoms with E-state index in [-0.39, 0.29) is 30.1 Å². The van der Waals surface area contributed by atoms with Crippen LogP contribution in [0.5, 0.6) is 0 Å². The van der Waals surface area contributed by atoms with Crippen LogP contribution in [-0.2, 0) is 20.7 Å². The van der Waals surface area contributed by atoms with Crippen LogP contribution in [0, 0.1) is 5.41 Å². The molecule has 0 radical (unpaired) electrons. The Morgan fingerprint density at radius 3 is 2.97 bits per heavy atom. The maximum absolute atomic E-state index is 12.5. The van der Waals surface area contributed by atoms with Crippen LogP contribution in [0.3, 0.4) is 0 Å². The maximum Gasteiger partial charge on any atom is 0.246 e. The van der Waals surface area contributed by atoms with Crippen LogP contribution in [0.2, 0.25) is 0 Å². The van der Waals surface area contributed by atoms with Crippen LogP contribution >= 0.6 is 0 Å². The fourth-order valence-corrected chi connectivity index (χ4v) is 4.01. The van der Waals surface area contributed by atoms with Gasteiger partial charge in [-0.05, 0) is 31.1 Å². The Kier molecular flexibility index (Phi) is 5.82. The van der Waals surface area contributed by atoms with Crippen molar-refractivity contribution in [2.45, 2.75) is 51.7 Å². The van der Waals surface area contributed by atoms with Crippen LogP contribution in [0.1, 0.15) is 50.4 Å². The summed E-state index contributed by atoms with van der Waals surface area (Å²) in [6, 6.07) is -0.136. The Morgan fingerprint density at radius 2 is 2.21 bits per heavy atom. The monoisotopic (exact) mass is 397 g/mol. The quantitative estimate of drug-likeness (QED) is 0.798. The molecule has 1 amide bonds. The van der Waals surface area contributed by atoms with Crippen molar-refractivity contribution in [1.29, 1.82) is 0 Å². The molecular weight excluding hydrogens is 370 g/mol. The van der Waals surface area contributed by atoms with Gasteiger partial charge in [-0.1, -0.05) is 13.8 Å². The lowest BCUT2D eigenvalue weighted by molar-refractivity contribution is -0.127. The maximum atomic E-state index is 12.5. The molecule has 2 aromatic rings. The number of amides is 1. The van der Waals surface area contributed by atoms with Crippen molar-refractivity contribution >= 4 is 5.91 Å². The Morgan fingerprint density at radius 1 is 1.31 bits per heavy atom. The van der Waals surface area contributed by atoms with E-state index in [2.05, 4.69) is 34.1 Å². The van der Waals surface area contributed by atoms with Gasteiger partial charge in [0, 0.05) is 30.8 Å². The highest BCUT2D eigenvalue weighted by Gasteiger charge is 2.34. The Bertz CT molecular complexity index is 853. The van der Waals surface area contributed by atoms with E-state index < -0.39 is 0 Å². The molecule has 0 saturated carbocycles. The second kappa shape index (κ2) is 8.51. The number of ether oxygens (including phenoxy) is 2. The third-order valence-corrected chi connectivity index (χ3v) is 5.37. The number of fused-ring (bicyclic) bond motifs is 1. The van der Waals surface area contributed by atoms with Crippen molar-refractivity contribution in [3.8, 4) is 11.5 Å². The molecule has 2 atom stereocenters. The minimum Gasteiger partial charge on any atom is -0.376 e. The average molecular weight is 397 g/mol. The van der Waals surface area contributed by atoms with E-state index in [0.29, 0.717) is 18.1 Å². The molecule has 0 unspecified atom stereocenters. The zero-order valence-corrected chi connectivity index (χ0v) is 16.9. The van der Waals surface area contributed by atoms with Crippen molar-refractivity contribution < 1.29 is 14.3 Å². The summed E-state index contributed by atoms with van der Waals surface area (Å²) in [5.74, 6) is 0.425. The number of nitrogens with one attached hydrogen (secondary N) is 1. The van der Waals surface area contributed by atoms with Gasteiger partial charge in [-0.25, -0.2) is 15.0 Å². The van der Waals surface area contributed by atoms with Crippen molar-refractivity contribution in [2.75, 3.05) is 19.8 Å². The zero-order valence-electron chi connectivity index (χ0n) is 16.9. The summed E-state index contributed by atoms with van der Waals surface area (Å²) in [5.41, 5.74) is 2.56. The molecule has 3 heterocycles. The molecule has 2 aliphatic rings. The molecule has 1 fully saturated rings. The number of carbonyl (C=O) groups excluding carboxylic acids is 1. The number of hydrogen-bond donors (Lipinski definition) is 1. The van der Waals surface area contributed by atoms with Crippen LogP contribution < -0.4 is 5.32 Å². The SMILES string of the molecule is CC1(C)Cc2nc(-c3cnccn3)ncc2[C@@H](NC(=O)COC[C@H]2CCCO2)C1. The highest BCUT2D eigenvalue weighted by atomic mass is 16.5. The molecule has 1 N–H and O–H groups in total. The zero-order chi connectivity index (χ0) is 20.3. The molecule has 0 spiro atoms. The Labute approximate surface area is 170 Å². The number of carbonyl (C=O) groups is 1. The third-order valence-electron chi connectivity index (χ3n) is 5.37. The van der Waals surface area contributed by atoms with Gasteiger partial charge in [0.05, 0.1) is 30.6 Å². The summed E-state index contributed by atoms with van der Waals surface area (Å²) in [6.07, 6.45) is 10.5. The molecule has 4 rings (SSSR count). The number of aromatic nitrogens is 4. The van der Waals surface area contributed by atoms with Gasteiger partial charge < -0.3 is 14.8 Å². The Balaban J connectivity index is 1.44. The third kappa shape index (κ3) is 4.94. The van der Waals surface area contributed by atoms with Crippen molar-refractivity contribution in [1.82, 2.24) is 25.3 Å². The van der Waals surface area contributed by atoms with E-state index in [0.717, 1.165) is 43.5 Å². The number of rotatable bonds is 6. The second-order valence-electron chi connectivity index (χ2n) is 8.50. The molecule has 8 nitrogen and oxygen atoms in total. The highest BCUT2D eigenvalue weighted by Crippen LogP contribution is 2.40. The van der Waals surface area contributed by atoms with Crippen LogP contribution in [0.25, 0.3) is 11.5 Å². The summed E-state index contributed by atoms with van der Waals surface area (Å²) < 4.78 is 11.1. The minimum atomic E-state index is -0.136. The van der Waals surface area contributed by atoms with Gasteiger partial charge in [-0.15, -0.1) is 0 Å². The first-order valence-electron chi connectivity index (χ1n) is 10.1. The first kappa shape index (κ1) is 19.8. The van der Waals surface area contributed by atoms with E-state index in [1.807, 2.05) is 0 Å². The molecule has 8 heteroatoms. The van der Waals surface area contributed by atoms with E-state index in [1.165, 1.54) is 0 Å². The molecule has 0 aromatic carbocycles. The number of nitrogens with zero attached hydrogens (tertiary/aromatic N) is 4. The minimum absolute atomic E-state index is 0.0114. The van der Waals surface area contributed by atoms with Crippen molar-refractivity contribution in [3.05, 3.63) is 36.0 Å². The molecule has 154 valence electrons. The van der Waals surface area contributed by atoms with Gasteiger partial charge in [0.25, 0.3) is 0 Å². The largest absolute Gasteiger partial charge is 0.376 e. The lowest BCUT2D eigenvalue weighted by atomic mass is 9.74. The van der Waals surface area contributed by atoms with Gasteiger partial charge >= 0.3 is 0 Å². The van der Waals surface area contributed by atoms with E-state index in [4.69, 9.17) is 14.5 Å². The normalized spacial score (nSPS) is 22.8. The fraction of sp³-hybridized carbons (Fsp3) is 0.571. The predicted molar refractivity (Wildman–Crippen MR) is 106 cm³/mol. The van der Waals surface area contributed by atoms with Crippen LogP contribution in [-0.4, -0.2) is 51.8 Å². The van der Waals surface area contributed by atoms with Crippen LogP contribution in [0.15, 0.2) is 24.8 Å². The lowest BCUT2D eigenvalue weighted by Crippen LogP contribution is -2.39. The van der Waals surface area contributed by atoms with Crippen molar-refractivity contribution in [3.63, 3.8) is 0 Å². The fourth-order valence-electron chi connectivity index (χ4n) is 4.01. The molecule has 1 saturated heterocycles. The molecule has 29 heavy (non-hydrogen) atoms. The molecule has 2 aromatic heterocycles. The first-order valence-corrected chi connectivity index (χ1v) is 10.1. The van der Waals surface area contributed by atoms with Crippen LogP contribution in [0.4, 0.5) is 0 Å². The van der Waals surface area contributed by atoms with Crippen molar-refractivity contribution in [2.24, 2.45) is 5.41 Å². The molecular formula is C21H27N5O3. The van der Waals surface area contributed by atoms with E-state index in [9.17, 15) is 4.79 Å². The van der Waals surface area contributed by atoms with Gasteiger partial charge in [-0.3, -0.25) is 9.78 Å². The smallest absolute Gasteiger partial charge is 0.246 e. The topological polar surface area (TPSA) is 99.1 Å². The first-order chi connectivity index (χ1) is 14.0. The standard InChI is InChI=1S/C21H27N5O3/c1-21(2)8-16(25-19(27)13-28-12-14-4-3-7-29-14)15-10-24-20(26-17(15)9-21)18-11-22-5-6-23-18/h5-6,10-11,14,16H,3-4,7-9,12-13H2,1-2H3,(H,25,27)/t14-,16+/m1/s1. The summed E-state index contributed by atoms with van der Waals surface area (Å²) in [5, 5.41) is 3.10. The summed E-state index contributed by atoms with van der Waals surface area (Å²) in [7, 11) is 0. The van der Waals surface area contributed by atoms with Gasteiger partial charge in [0.2, 0.25) is 5.91 Å². The molecule has 1 aliphatic carbocycles. The van der Waals surface area contributed by atoms with E-state index >= 15 is 0 Å². The second-order valence-corrected chi connectivity index (χ2v) is 8.50. The number of hydrogen-bond acceptors (Lipinski definition) is 7. The molecule has 0 bridgehead atoms. The van der Waals surface area contributed by atoms with E-state index in [1.54, 1.807) is 24.8 Å². The van der Waals surface area contributed by atoms with Gasteiger partial charge in [-0.2, -0.15) is 0 Å².